The van der Waals surface area contributed by atoms with Crippen LogP contribution in [0.3, 0.4) is 0 Å². The number of imidazole rings is 1. The van der Waals surface area contributed by atoms with Gasteiger partial charge in [-0.05, 0) is 44.4 Å². The maximum atomic E-state index is 13.4. The number of aromatic nitrogens is 4. The van der Waals surface area contributed by atoms with Gasteiger partial charge in [0.15, 0.2) is 5.69 Å². The van der Waals surface area contributed by atoms with Crippen molar-refractivity contribution in [3.05, 3.63) is 53.2 Å². The summed E-state index contributed by atoms with van der Waals surface area (Å²) >= 11 is 0. The van der Waals surface area contributed by atoms with E-state index in [-0.39, 0.29) is 11.8 Å². The van der Waals surface area contributed by atoms with E-state index in [2.05, 4.69) is 10.1 Å². The summed E-state index contributed by atoms with van der Waals surface area (Å²) in [5.74, 6) is -0.229. The van der Waals surface area contributed by atoms with E-state index in [1.807, 2.05) is 45.3 Å². The lowest BCUT2D eigenvalue weighted by Gasteiger charge is -2.29. The molecule has 31 heavy (non-hydrogen) atoms. The molecule has 9 nitrogen and oxygen atoms in total. The molecule has 5 heterocycles. The summed E-state index contributed by atoms with van der Waals surface area (Å²) in [4.78, 5) is 34.3. The average Bonchev–Trinajstić information content (AvgIpc) is 3.25. The number of aryl methyl sites for hydroxylation is 2. The highest BCUT2D eigenvalue weighted by Gasteiger charge is 2.29. The highest BCUT2D eigenvalue weighted by Crippen LogP contribution is 2.21. The Morgan fingerprint density at radius 2 is 1.94 bits per heavy atom. The van der Waals surface area contributed by atoms with Crippen LogP contribution in [0, 0.1) is 6.92 Å². The molecule has 0 spiro atoms. The van der Waals surface area contributed by atoms with E-state index in [0.29, 0.717) is 49.8 Å². The summed E-state index contributed by atoms with van der Waals surface area (Å²) in [6.07, 6.45) is 3.66. The molecule has 1 atom stereocenters. The summed E-state index contributed by atoms with van der Waals surface area (Å²) in [6.45, 7) is 4.49. The number of hydrogen-bond donors (Lipinski definition) is 1. The maximum Gasteiger partial charge on any atom is 0.274 e. The molecule has 0 aromatic carbocycles. The van der Waals surface area contributed by atoms with Gasteiger partial charge in [0.25, 0.3) is 11.8 Å². The predicted molar refractivity (Wildman–Crippen MR) is 113 cm³/mol. The fraction of sp³-hybridized carbons (Fsp3) is 0.455. The minimum Gasteiger partial charge on any atom is -0.391 e. The Labute approximate surface area is 179 Å². The highest BCUT2D eigenvalue weighted by molar-refractivity contribution is 5.95. The molecule has 0 bridgehead atoms. The molecule has 5 rings (SSSR count). The molecule has 1 saturated heterocycles. The lowest BCUT2D eigenvalue weighted by atomic mass is 10.1. The first kappa shape index (κ1) is 19.7. The number of hydrogen-bond acceptors (Lipinski definition) is 5. The van der Waals surface area contributed by atoms with Gasteiger partial charge < -0.3 is 14.9 Å². The molecule has 162 valence electrons. The van der Waals surface area contributed by atoms with Crippen LogP contribution in [0.5, 0.6) is 0 Å². The first-order valence-corrected chi connectivity index (χ1v) is 10.8. The van der Waals surface area contributed by atoms with E-state index < -0.39 is 6.10 Å². The number of fused-ring (bicyclic) bond motifs is 2. The molecule has 9 heteroatoms. The van der Waals surface area contributed by atoms with Gasteiger partial charge in [0, 0.05) is 32.4 Å². The van der Waals surface area contributed by atoms with Gasteiger partial charge in [0.05, 0.1) is 24.0 Å². The highest BCUT2D eigenvalue weighted by atomic mass is 16.3. The lowest BCUT2D eigenvalue weighted by Crippen LogP contribution is -2.42. The Bertz CT molecular complexity index is 1150. The largest absolute Gasteiger partial charge is 0.391 e. The van der Waals surface area contributed by atoms with E-state index >= 15 is 0 Å². The van der Waals surface area contributed by atoms with Gasteiger partial charge in [-0.2, -0.15) is 5.10 Å². The molecule has 0 saturated carbocycles. The van der Waals surface area contributed by atoms with Crippen molar-refractivity contribution in [2.75, 3.05) is 19.6 Å². The third-order valence-electron chi connectivity index (χ3n) is 6.11. The number of piperidine rings is 1. The van der Waals surface area contributed by atoms with Gasteiger partial charge >= 0.3 is 0 Å². The summed E-state index contributed by atoms with van der Waals surface area (Å²) in [5, 5.41) is 14.4. The smallest absolute Gasteiger partial charge is 0.274 e. The maximum absolute atomic E-state index is 13.4. The number of rotatable bonds is 2. The number of nitrogens with zero attached hydrogens (tertiary/aromatic N) is 6. The zero-order chi connectivity index (χ0) is 21.5. The Hall–Kier alpha value is -3.20. The zero-order valence-electron chi connectivity index (χ0n) is 17.6. The minimum atomic E-state index is -0.472. The number of carbonyl (C=O) groups excluding carboxylic acids is 2. The van der Waals surface area contributed by atoms with Crippen molar-refractivity contribution in [2.45, 2.75) is 45.4 Å². The van der Waals surface area contributed by atoms with Crippen molar-refractivity contribution in [2.24, 2.45) is 0 Å². The average molecular weight is 422 g/mol. The quantitative estimate of drug-likeness (QED) is 0.675. The van der Waals surface area contributed by atoms with Crippen LogP contribution in [-0.4, -0.2) is 71.6 Å². The number of likely N-dealkylation sites (tertiary alicyclic amines) is 1. The number of pyridine rings is 1. The van der Waals surface area contributed by atoms with E-state index in [1.54, 1.807) is 11.0 Å². The van der Waals surface area contributed by atoms with E-state index in [4.69, 9.17) is 0 Å². The molecule has 2 amide bonds. The molecule has 3 aromatic rings. The second-order valence-corrected chi connectivity index (χ2v) is 8.35. The van der Waals surface area contributed by atoms with Gasteiger partial charge in [0.2, 0.25) is 0 Å². The van der Waals surface area contributed by atoms with E-state index in [9.17, 15) is 14.7 Å². The van der Waals surface area contributed by atoms with Gasteiger partial charge in [-0.15, -0.1) is 0 Å². The molecule has 3 aromatic heterocycles. The van der Waals surface area contributed by atoms with Crippen LogP contribution in [0.25, 0.3) is 5.65 Å². The van der Waals surface area contributed by atoms with Crippen molar-refractivity contribution >= 4 is 17.5 Å². The second-order valence-electron chi connectivity index (χ2n) is 8.35. The van der Waals surface area contributed by atoms with Crippen LogP contribution in [0.4, 0.5) is 0 Å². The molecular formula is C22H26N6O3. The van der Waals surface area contributed by atoms with E-state index in [0.717, 1.165) is 30.6 Å². The Morgan fingerprint density at radius 1 is 1.10 bits per heavy atom. The van der Waals surface area contributed by atoms with Crippen LogP contribution < -0.4 is 0 Å². The van der Waals surface area contributed by atoms with Gasteiger partial charge in [-0.25, -0.2) is 4.98 Å². The van der Waals surface area contributed by atoms with Gasteiger partial charge in [-0.3, -0.25) is 18.7 Å². The third kappa shape index (κ3) is 3.59. The Morgan fingerprint density at radius 3 is 2.77 bits per heavy atom. The molecule has 2 aliphatic rings. The van der Waals surface area contributed by atoms with Gasteiger partial charge in [0.1, 0.15) is 11.3 Å². The summed E-state index contributed by atoms with van der Waals surface area (Å²) in [5.41, 5.74) is 3.25. The first-order chi connectivity index (χ1) is 15.0. The summed E-state index contributed by atoms with van der Waals surface area (Å²) < 4.78 is 3.67. The molecule has 2 aliphatic heterocycles. The van der Waals surface area contributed by atoms with Crippen LogP contribution >= 0.6 is 0 Å². The topological polar surface area (TPSA) is 96.0 Å². The van der Waals surface area contributed by atoms with Crippen LogP contribution in [0.15, 0.2) is 30.5 Å². The molecular weight excluding hydrogens is 396 g/mol. The zero-order valence-corrected chi connectivity index (χ0v) is 17.6. The number of β-amino-alcohol motifs (C(OH)–C–C–N with tert-alkyl or cyclic N) is 1. The Kier molecular flexibility index (Phi) is 4.97. The third-order valence-corrected chi connectivity index (χ3v) is 6.11. The van der Waals surface area contributed by atoms with Crippen LogP contribution in [0.2, 0.25) is 0 Å². The minimum absolute atomic E-state index is 0.0714. The second kappa shape index (κ2) is 7.81. The number of amides is 2. The van der Waals surface area contributed by atoms with E-state index in [1.165, 1.54) is 0 Å². The number of aliphatic hydroxyl groups excluding tert-OH is 1. The van der Waals surface area contributed by atoms with Gasteiger partial charge in [-0.1, -0.05) is 6.07 Å². The van der Waals surface area contributed by atoms with Crippen molar-refractivity contribution in [1.29, 1.82) is 0 Å². The molecule has 1 fully saturated rings. The van der Waals surface area contributed by atoms with Crippen molar-refractivity contribution in [3.8, 4) is 0 Å². The SMILES string of the molecule is Cc1nc2ccccn2c1C(=O)N1CCCn2nc(C(=O)N3CCC[C@@H](O)C3)cc2C1. The fourth-order valence-electron chi connectivity index (χ4n) is 4.56. The predicted octanol–water partition coefficient (Wildman–Crippen LogP) is 1.48. The number of aliphatic hydroxyl groups is 1. The normalized spacial score (nSPS) is 19.4. The van der Waals surface area contributed by atoms with Crippen molar-refractivity contribution < 1.29 is 14.7 Å². The fourth-order valence-corrected chi connectivity index (χ4v) is 4.56. The van der Waals surface area contributed by atoms with Crippen molar-refractivity contribution in [1.82, 2.24) is 29.0 Å². The monoisotopic (exact) mass is 422 g/mol. The molecule has 0 unspecified atom stereocenters. The lowest BCUT2D eigenvalue weighted by molar-refractivity contribution is 0.0468. The Balaban J connectivity index is 1.39. The standard InChI is InChI=1S/C22H26N6O3/c1-15-20(27-10-3-2-7-19(27)23-15)22(31)25-9-5-11-28-16(13-25)12-18(24-28)21(30)26-8-4-6-17(29)14-26/h2-3,7,10,12,17,29H,4-6,8-9,11,13-14H2,1H3/t17-/m1/s1. The first-order valence-electron chi connectivity index (χ1n) is 10.8. The van der Waals surface area contributed by atoms with Crippen molar-refractivity contribution in [3.63, 3.8) is 0 Å². The molecule has 1 N–H and O–H groups in total. The summed E-state index contributed by atoms with van der Waals surface area (Å²) in [7, 11) is 0. The molecule has 0 radical (unpaired) electrons. The van der Waals surface area contributed by atoms with Crippen LogP contribution in [-0.2, 0) is 13.1 Å². The molecule has 0 aliphatic carbocycles. The summed E-state index contributed by atoms with van der Waals surface area (Å²) in [6, 6.07) is 7.46. The number of carbonyl (C=O) groups is 2. The van der Waals surface area contributed by atoms with Crippen LogP contribution in [0.1, 0.15) is 51.6 Å².